The average molecular weight is 356 g/mol. The lowest BCUT2D eigenvalue weighted by Gasteiger charge is -2.06. The van der Waals surface area contributed by atoms with Gasteiger partial charge in [-0.2, -0.15) is 0 Å². The van der Waals surface area contributed by atoms with Gasteiger partial charge >= 0.3 is 0 Å². The summed E-state index contributed by atoms with van der Waals surface area (Å²) in [5.74, 6) is -0.183. The molecule has 0 spiro atoms. The summed E-state index contributed by atoms with van der Waals surface area (Å²) in [7, 11) is 0. The number of carbonyl (C=O) groups excluding carboxylic acids is 2. The first-order valence-electron chi connectivity index (χ1n) is 6.51. The van der Waals surface area contributed by atoms with Gasteiger partial charge in [0, 0.05) is 23.9 Å². The molecule has 1 aliphatic rings. The predicted molar refractivity (Wildman–Crippen MR) is 87.3 cm³/mol. The second-order valence-electron chi connectivity index (χ2n) is 4.86. The van der Waals surface area contributed by atoms with Crippen LogP contribution >= 0.6 is 34.5 Å². The summed E-state index contributed by atoms with van der Waals surface area (Å²) in [4.78, 5) is 27.5. The molecule has 2 N–H and O–H groups in total. The standard InChI is InChI=1S/C14H11Cl2N3O2S/c15-9-2-1-7(3-10(9)16)14-19-11(6-22-14)18-13(21)8-4-12(20)17-5-8/h1-3,6,8H,4-5H2,(H,17,20)(H,18,21). The van der Waals surface area contributed by atoms with Gasteiger partial charge in [0.25, 0.3) is 0 Å². The molecule has 0 aliphatic carbocycles. The van der Waals surface area contributed by atoms with Crippen molar-refractivity contribution in [3.05, 3.63) is 33.6 Å². The normalized spacial score (nSPS) is 17.4. The zero-order valence-corrected chi connectivity index (χ0v) is 13.6. The van der Waals surface area contributed by atoms with Crippen LogP contribution < -0.4 is 10.6 Å². The third-order valence-electron chi connectivity index (χ3n) is 3.27. The molecule has 3 rings (SSSR count). The van der Waals surface area contributed by atoms with Gasteiger partial charge in [-0.25, -0.2) is 4.98 Å². The van der Waals surface area contributed by atoms with Crippen molar-refractivity contribution in [1.82, 2.24) is 10.3 Å². The number of amides is 2. The number of carbonyl (C=O) groups is 2. The molecule has 2 amide bonds. The van der Waals surface area contributed by atoms with Crippen LogP contribution in [0.15, 0.2) is 23.6 Å². The van der Waals surface area contributed by atoms with Gasteiger partial charge in [0.1, 0.15) is 10.8 Å². The topological polar surface area (TPSA) is 71.1 Å². The second kappa shape index (κ2) is 6.24. The van der Waals surface area contributed by atoms with Crippen LogP contribution in [0.2, 0.25) is 10.0 Å². The minimum absolute atomic E-state index is 0.102. The van der Waals surface area contributed by atoms with E-state index in [4.69, 9.17) is 23.2 Å². The number of nitrogens with zero attached hydrogens (tertiary/aromatic N) is 1. The van der Waals surface area contributed by atoms with E-state index in [0.29, 0.717) is 22.4 Å². The SMILES string of the molecule is O=C1CC(C(=O)Nc2csc(-c3ccc(Cl)c(Cl)c3)n2)CN1. The third-order valence-corrected chi connectivity index (χ3v) is 4.90. The van der Waals surface area contributed by atoms with Crippen molar-refractivity contribution in [2.75, 3.05) is 11.9 Å². The molecule has 114 valence electrons. The number of hydrogen-bond donors (Lipinski definition) is 2. The number of thiazole rings is 1. The molecule has 2 aromatic rings. The number of rotatable bonds is 3. The summed E-state index contributed by atoms with van der Waals surface area (Å²) in [6, 6.07) is 5.25. The molecular formula is C14H11Cl2N3O2S. The molecule has 0 bridgehead atoms. The molecule has 1 unspecified atom stereocenters. The highest BCUT2D eigenvalue weighted by Gasteiger charge is 2.28. The van der Waals surface area contributed by atoms with Crippen LogP contribution in [0, 0.1) is 5.92 Å². The van der Waals surface area contributed by atoms with Crippen LogP contribution in [-0.2, 0) is 9.59 Å². The van der Waals surface area contributed by atoms with E-state index in [2.05, 4.69) is 15.6 Å². The van der Waals surface area contributed by atoms with Crippen molar-refractivity contribution >= 4 is 52.2 Å². The smallest absolute Gasteiger partial charge is 0.230 e. The van der Waals surface area contributed by atoms with E-state index in [-0.39, 0.29) is 24.2 Å². The van der Waals surface area contributed by atoms with Crippen LogP contribution in [0.25, 0.3) is 10.6 Å². The van der Waals surface area contributed by atoms with E-state index < -0.39 is 0 Å². The van der Waals surface area contributed by atoms with Crippen molar-refractivity contribution in [1.29, 1.82) is 0 Å². The average Bonchev–Trinajstić information content (AvgIpc) is 3.11. The number of nitrogens with one attached hydrogen (secondary N) is 2. The van der Waals surface area contributed by atoms with Gasteiger partial charge in [-0.05, 0) is 12.1 Å². The number of halogens is 2. The molecule has 1 atom stereocenters. The molecule has 0 saturated carbocycles. The highest BCUT2D eigenvalue weighted by molar-refractivity contribution is 7.13. The first-order valence-corrected chi connectivity index (χ1v) is 8.15. The van der Waals surface area contributed by atoms with E-state index >= 15 is 0 Å². The molecule has 5 nitrogen and oxygen atoms in total. The molecule has 8 heteroatoms. The maximum absolute atomic E-state index is 12.0. The van der Waals surface area contributed by atoms with E-state index in [1.807, 2.05) is 6.07 Å². The Kier molecular flexibility index (Phi) is 4.33. The van der Waals surface area contributed by atoms with E-state index in [0.717, 1.165) is 10.6 Å². The number of benzene rings is 1. The molecule has 2 heterocycles. The maximum atomic E-state index is 12.0. The second-order valence-corrected chi connectivity index (χ2v) is 6.53. The molecule has 1 saturated heterocycles. The summed E-state index contributed by atoms with van der Waals surface area (Å²) in [5.41, 5.74) is 0.831. The lowest BCUT2D eigenvalue weighted by molar-refractivity contribution is -0.123. The number of hydrogen-bond acceptors (Lipinski definition) is 4. The van der Waals surface area contributed by atoms with Crippen LogP contribution in [0.1, 0.15) is 6.42 Å². The zero-order valence-electron chi connectivity index (χ0n) is 11.2. The first-order chi connectivity index (χ1) is 10.5. The molecule has 1 aromatic heterocycles. The van der Waals surface area contributed by atoms with Gasteiger partial charge in [-0.1, -0.05) is 29.3 Å². The van der Waals surface area contributed by atoms with Gasteiger partial charge in [-0.15, -0.1) is 11.3 Å². The van der Waals surface area contributed by atoms with Gasteiger partial charge < -0.3 is 10.6 Å². The molecular weight excluding hydrogens is 345 g/mol. The Morgan fingerprint density at radius 2 is 2.18 bits per heavy atom. The summed E-state index contributed by atoms with van der Waals surface area (Å²) in [6.07, 6.45) is 0.218. The van der Waals surface area contributed by atoms with Crippen molar-refractivity contribution < 1.29 is 9.59 Å². The molecule has 22 heavy (non-hydrogen) atoms. The fraction of sp³-hybridized carbons (Fsp3) is 0.214. The molecule has 1 fully saturated rings. The fourth-order valence-electron chi connectivity index (χ4n) is 2.11. The van der Waals surface area contributed by atoms with E-state index in [1.165, 1.54) is 11.3 Å². The van der Waals surface area contributed by atoms with Gasteiger partial charge in [0.15, 0.2) is 0 Å². The summed E-state index contributed by atoms with van der Waals surface area (Å²) in [5, 5.41) is 8.78. The van der Waals surface area contributed by atoms with Crippen LogP contribution in [-0.4, -0.2) is 23.3 Å². The Labute approximate surface area is 140 Å². The summed E-state index contributed by atoms with van der Waals surface area (Å²) < 4.78 is 0. The van der Waals surface area contributed by atoms with E-state index in [9.17, 15) is 9.59 Å². The Hall–Kier alpha value is -1.63. The first kappa shape index (κ1) is 15.3. The number of anilines is 1. The Morgan fingerprint density at radius 3 is 2.86 bits per heavy atom. The minimum atomic E-state index is -0.345. The fourth-order valence-corrected chi connectivity index (χ4v) is 3.16. The quantitative estimate of drug-likeness (QED) is 0.887. The van der Waals surface area contributed by atoms with Crippen molar-refractivity contribution in [3.8, 4) is 10.6 Å². The Balaban J connectivity index is 1.72. The van der Waals surface area contributed by atoms with Gasteiger partial charge in [-0.3, -0.25) is 9.59 Å². The van der Waals surface area contributed by atoms with Crippen LogP contribution in [0.4, 0.5) is 5.82 Å². The monoisotopic (exact) mass is 355 g/mol. The van der Waals surface area contributed by atoms with Crippen molar-refractivity contribution in [2.24, 2.45) is 5.92 Å². The van der Waals surface area contributed by atoms with Gasteiger partial charge in [0.2, 0.25) is 11.8 Å². The Bertz CT molecular complexity index is 747. The van der Waals surface area contributed by atoms with Crippen LogP contribution in [0.5, 0.6) is 0 Å². The van der Waals surface area contributed by atoms with Crippen molar-refractivity contribution in [2.45, 2.75) is 6.42 Å². The number of aromatic nitrogens is 1. The zero-order chi connectivity index (χ0) is 15.7. The highest BCUT2D eigenvalue weighted by atomic mass is 35.5. The van der Waals surface area contributed by atoms with Gasteiger partial charge in [0.05, 0.1) is 16.0 Å². The summed E-state index contributed by atoms with van der Waals surface area (Å²) in [6.45, 7) is 0.369. The largest absolute Gasteiger partial charge is 0.355 e. The summed E-state index contributed by atoms with van der Waals surface area (Å²) >= 11 is 13.3. The lowest BCUT2D eigenvalue weighted by Crippen LogP contribution is -2.24. The Morgan fingerprint density at radius 1 is 1.36 bits per heavy atom. The van der Waals surface area contributed by atoms with E-state index in [1.54, 1.807) is 17.5 Å². The van der Waals surface area contributed by atoms with Crippen molar-refractivity contribution in [3.63, 3.8) is 0 Å². The molecule has 1 aromatic carbocycles. The maximum Gasteiger partial charge on any atom is 0.230 e. The third kappa shape index (κ3) is 3.24. The molecule has 0 radical (unpaired) electrons. The predicted octanol–water partition coefficient (Wildman–Crippen LogP) is 3.19. The highest BCUT2D eigenvalue weighted by Crippen LogP contribution is 2.31. The molecule has 1 aliphatic heterocycles. The minimum Gasteiger partial charge on any atom is -0.355 e. The lowest BCUT2D eigenvalue weighted by atomic mass is 10.1. The van der Waals surface area contributed by atoms with Crippen LogP contribution in [0.3, 0.4) is 0 Å².